The van der Waals surface area contributed by atoms with Crippen molar-refractivity contribution in [3.05, 3.63) is 34.3 Å². The van der Waals surface area contributed by atoms with E-state index < -0.39 is 18.0 Å². The van der Waals surface area contributed by atoms with Crippen LogP contribution in [0.3, 0.4) is 0 Å². The van der Waals surface area contributed by atoms with E-state index in [0.717, 1.165) is 15.5 Å². The number of hydrogen-bond acceptors (Lipinski definition) is 7. The van der Waals surface area contributed by atoms with Crippen molar-refractivity contribution in [3.63, 3.8) is 0 Å². The first kappa shape index (κ1) is 20.6. The Bertz CT molecular complexity index is 939. The van der Waals surface area contributed by atoms with E-state index in [4.69, 9.17) is 9.47 Å². The Balaban J connectivity index is 1.64. The maximum atomic E-state index is 12.6. The number of nitrogens with one attached hydrogen (secondary N) is 2. The molecule has 2 N–H and O–H groups in total. The summed E-state index contributed by atoms with van der Waals surface area (Å²) in [6, 6.07) is 3.70. The van der Waals surface area contributed by atoms with Gasteiger partial charge in [-0.3, -0.25) is 14.5 Å². The zero-order chi connectivity index (χ0) is 21.1. The second kappa shape index (κ2) is 8.48. The van der Waals surface area contributed by atoms with Gasteiger partial charge in [-0.2, -0.15) is 0 Å². The first-order chi connectivity index (χ1) is 13.8. The summed E-state index contributed by atoms with van der Waals surface area (Å²) < 4.78 is 10.4. The standard InChI is InChI=1S/C19H22N4O5S/c1-10-11(2)29-18(20-10)22-16(24)8-13-17(25)23(19(26)21-13)9-12-5-6-14(27-3)15(7-12)28-4/h5-7,13H,8-9H2,1-4H3,(H,21,26)(H,20,22,24). The molecule has 29 heavy (non-hydrogen) atoms. The minimum Gasteiger partial charge on any atom is -0.493 e. The van der Waals surface area contributed by atoms with E-state index in [1.165, 1.54) is 25.6 Å². The van der Waals surface area contributed by atoms with Crippen molar-refractivity contribution >= 4 is 34.3 Å². The molecule has 4 amide bonds. The maximum absolute atomic E-state index is 12.6. The third-order valence-electron chi connectivity index (χ3n) is 4.56. The molecule has 1 aromatic carbocycles. The fourth-order valence-electron chi connectivity index (χ4n) is 2.91. The van der Waals surface area contributed by atoms with E-state index in [0.29, 0.717) is 22.2 Å². The fourth-order valence-corrected chi connectivity index (χ4v) is 3.74. The van der Waals surface area contributed by atoms with Crippen molar-refractivity contribution in [1.82, 2.24) is 15.2 Å². The number of ether oxygens (including phenoxy) is 2. The number of methoxy groups -OCH3 is 2. The molecule has 2 aromatic rings. The molecule has 1 aromatic heterocycles. The van der Waals surface area contributed by atoms with Crippen molar-refractivity contribution < 1.29 is 23.9 Å². The van der Waals surface area contributed by atoms with Crippen LogP contribution in [0.4, 0.5) is 9.93 Å². The Morgan fingerprint density at radius 1 is 1.24 bits per heavy atom. The highest BCUT2D eigenvalue weighted by molar-refractivity contribution is 7.15. The number of urea groups is 1. The van der Waals surface area contributed by atoms with Crippen LogP contribution in [-0.2, 0) is 16.1 Å². The van der Waals surface area contributed by atoms with Gasteiger partial charge in [-0.25, -0.2) is 9.78 Å². The van der Waals surface area contributed by atoms with Gasteiger partial charge >= 0.3 is 6.03 Å². The molecule has 0 saturated carbocycles. The van der Waals surface area contributed by atoms with Crippen LogP contribution in [0.1, 0.15) is 22.6 Å². The Labute approximate surface area is 172 Å². The molecule has 1 saturated heterocycles. The van der Waals surface area contributed by atoms with Gasteiger partial charge in [0.2, 0.25) is 5.91 Å². The van der Waals surface area contributed by atoms with Crippen LogP contribution < -0.4 is 20.1 Å². The average Bonchev–Trinajstić information content (AvgIpc) is 3.13. The first-order valence-corrected chi connectivity index (χ1v) is 9.70. The Hall–Kier alpha value is -3.14. The third-order valence-corrected chi connectivity index (χ3v) is 5.55. The number of aromatic nitrogens is 1. The molecule has 154 valence electrons. The van der Waals surface area contributed by atoms with E-state index in [-0.39, 0.29) is 18.9 Å². The molecule has 1 fully saturated rings. The molecule has 1 aliphatic heterocycles. The zero-order valence-electron chi connectivity index (χ0n) is 16.6. The largest absolute Gasteiger partial charge is 0.493 e. The lowest BCUT2D eigenvalue weighted by Gasteiger charge is -2.15. The molecule has 0 radical (unpaired) electrons. The van der Waals surface area contributed by atoms with E-state index in [1.54, 1.807) is 18.2 Å². The lowest BCUT2D eigenvalue weighted by atomic mass is 10.1. The lowest BCUT2D eigenvalue weighted by molar-refractivity contribution is -0.130. The summed E-state index contributed by atoms with van der Waals surface area (Å²) in [6.07, 6.45) is -0.162. The zero-order valence-corrected chi connectivity index (χ0v) is 17.4. The lowest BCUT2D eigenvalue weighted by Crippen LogP contribution is -2.34. The van der Waals surface area contributed by atoms with Crippen molar-refractivity contribution in [1.29, 1.82) is 0 Å². The van der Waals surface area contributed by atoms with Crippen molar-refractivity contribution in [2.24, 2.45) is 0 Å². The highest BCUT2D eigenvalue weighted by atomic mass is 32.1. The highest BCUT2D eigenvalue weighted by Crippen LogP contribution is 2.28. The number of carbonyl (C=O) groups excluding carboxylic acids is 3. The summed E-state index contributed by atoms with van der Waals surface area (Å²) in [5.74, 6) is 0.217. The first-order valence-electron chi connectivity index (χ1n) is 8.89. The molecule has 2 heterocycles. The summed E-state index contributed by atoms with van der Waals surface area (Å²) >= 11 is 1.36. The molecule has 0 aliphatic carbocycles. The maximum Gasteiger partial charge on any atom is 0.325 e. The number of amides is 4. The summed E-state index contributed by atoms with van der Waals surface area (Å²) in [6.45, 7) is 3.83. The topological polar surface area (TPSA) is 110 Å². The fraction of sp³-hybridized carbons (Fsp3) is 0.368. The molecule has 0 bridgehead atoms. The van der Waals surface area contributed by atoms with Crippen molar-refractivity contribution in [3.8, 4) is 11.5 Å². The van der Waals surface area contributed by atoms with Crippen LogP contribution in [0.5, 0.6) is 11.5 Å². The monoisotopic (exact) mass is 418 g/mol. The average molecular weight is 418 g/mol. The molecule has 10 heteroatoms. The summed E-state index contributed by atoms with van der Waals surface area (Å²) in [7, 11) is 3.04. The van der Waals surface area contributed by atoms with E-state index in [1.807, 2.05) is 13.8 Å². The number of carbonyl (C=O) groups is 3. The number of imide groups is 1. The Morgan fingerprint density at radius 2 is 1.97 bits per heavy atom. The quantitative estimate of drug-likeness (QED) is 0.668. The van der Waals surface area contributed by atoms with Gasteiger partial charge in [0.15, 0.2) is 16.6 Å². The number of anilines is 1. The minimum atomic E-state index is -0.912. The molecule has 1 aliphatic rings. The number of rotatable bonds is 7. The van der Waals surface area contributed by atoms with Crippen LogP contribution in [-0.4, -0.2) is 48.0 Å². The van der Waals surface area contributed by atoms with Gasteiger partial charge in [-0.05, 0) is 31.5 Å². The summed E-state index contributed by atoms with van der Waals surface area (Å²) in [4.78, 5) is 43.5. The minimum absolute atomic E-state index is 0.0635. The van der Waals surface area contributed by atoms with Crippen molar-refractivity contribution in [2.75, 3.05) is 19.5 Å². The highest BCUT2D eigenvalue weighted by Gasteiger charge is 2.39. The molecular weight excluding hydrogens is 396 g/mol. The molecule has 3 rings (SSSR count). The Morgan fingerprint density at radius 3 is 2.59 bits per heavy atom. The van der Waals surface area contributed by atoms with Crippen LogP contribution >= 0.6 is 11.3 Å². The van der Waals surface area contributed by atoms with Gasteiger partial charge in [0.25, 0.3) is 5.91 Å². The number of hydrogen-bond donors (Lipinski definition) is 2. The SMILES string of the molecule is COc1ccc(CN2C(=O)NC(CC(=O)Nc3nc(C)c(C)s3)C2=O)cc1OC. The van der Waals surface area contributed by atoms with Crippen LogP contribution in [0.2, 0.25) is 0 Å². The second-order valence-electron chi connectivity index (χ2n) is 6.53. The molecular formula is C19H22N4O5S. The molecule has 9 nitrogen and oxygen atoms in total. The van der Waals surface area contributed by atoms with Gasteiger partial charge in [0.05, 0.1) is 32.9 Å². The van der Waals surface area contributed by atoms with Gasteiger partial charge < -0.3 is 20.1 Å². The molecule has 0 spiro atoms. The predicted octanol–water partition coefficient (Wildman–Crippen LogP) is 2.23. The summed E-state index contributed by atoms with van der Waals surface area (Å²) in [5, 5.41) is 5.71. The smallest absolute Gasteiger partial charge is 0.325 e. The number of aryl methyl sites for hydroxylation is 2. The van der Waals surface area contributed by atoms with E-state index in [9.17, 15) is 14.4 Å². The van der Waals surface area contributed by atoms with Crippen LogP contribution in [0.25, 0.3) is 0 Å². The number of nitrogens with zero attached hydrogens (tertiary/aromatic N) is 2. The van der Waals surface area contributed by atoms with Crippen molar-refractivity contribution in [2.45, 2.75) is 32.9 Å². The van der Waals surface area contributed by atoms with Gasteiger partial charge in [0, 0.05) is 4.88 Å². The normalized spacial score (nSPS) is 16.0. The van der Waals surface area contributed by atoms with Gasteiger partial charge in [0.1, 0.15) is 6.04 Å². The summed E-state index contributed by atoms with van der Waals surface area (Å²) in [5.41, 5.74) is 1.54. The number of thiazole rings is 1. The Kier molecular flexibility index (Phi) is 6.02. The van der Waals surface area contributed by atoms with E-state index >= 15 is 0 Å². The molecule has 1 unspecified atom stereocenters. The van der Waals surface area contributed by atoms with E-state index in [2.05, 4.69) is 15.6 Å². The van der Waals surface area contributed by atoms with Crippen LogP contribution in [0, 0.1) is 13.8 Å². The molecule has 1 atom stereocenters. The van der Waals surface area contributed by atoms with Crippen LogP contribution in [0.15, 0.2) is 18.2 Å². The predicted molar refractivity (Wildman–Crippen MR) is 107 cm³/mol. The van der Waals surface area contributed by atoms with Gasteiger partial charge in [-0.15, -0.1) is 11.3 Å². The second-order valence-corrected chi connectivity index (χ2v) is 7.73. The third kappa shape index (κ3) is 4.48. The van der Waals surface area contributed by atoms with Gasteiger partial charge in [-0.1, -0.05) is 6.07 Å². The number of benzene rings is 1.